The van der Waals surface area contributed by atoms with E-state index in [9.17, 15) is 0 Å². The predicted octanol–water partition coefficient (Wildman–Crippen LogP) is 24.2. The van der Waals surface area contributed by atoms with Crippen molar-refractivity contribution in [2.24, 2.45) is 0 Å². The summed E-state index contributed by atoms with van der Waals surface area (Å²) in [4.78, 5) is 16.8. The monoisotopic (exact) mass is 1870 g/mol. The molecule has 0 aliphatic carbocycles. The number of fused-ring (bicyclic) bond motifs is 12. The number of hydrogen-bond acceptors (Lipinski definition) is 14. The molecule has 0 radical (unpaired) electrons. The lowest BCUT2D eigenvalue weighted by atomic mass is 10.2. The third-order valence-corrected chi connectivity index (χ3v) is 35.1. The lowest BCUT2D eigenvalue weighted by molar-refractivity contribution is 0.534. The van der Waals surface area contributed by atoms with Crippen LogP contribution in [-0.2, 0) is 0 Å². The van der Waals surface area contributed by atoms with Crippen molar-refractivity contribution in [2.45, 2.75) is 27.7 Å². The Kier molecular flexibility index (Phi) is 13.3. The van der Waals surface area contributed by atoms with Crippen molar-refractivity contribution in [3.8, 4) is 40.8 Å². The second-order valence-electron chi connectivity index (χ2n) is 15.5. The van der Waals surface area contributed by atoms with Crippen LogP contribution in [0.3, 0.4) is 0 Å². The molecule has 0 aliphatic rings. The fourth-order valence-corrected chi connectivity index (χ4v) is 29.7. The molecule has 68 heavy (non-hydrogen) atoms. The molecule has 0 fully saturated rings. The topological polar surface area (TPSA) is 52.1 Å². The van der Waals surface area contributed by atoms with E-state index < -0.39 is 0 Å². The van der Waals surface area contributed by atoms with Gasteiger partial charge in [-0.05, 0) is 227 Å². The molecule has 0 atom stereocenters. The van der Waals surface area contributed by atoms with Gasteiger partial charge in [0.1, 0.15) is 7.40 Å². The van der Waals surface area contributed by atoms with Crippen LogP contribution in [0, 0.1) is 49.4 Å². The molecule has 0 N–H and O–H groups in total. The number of benzene rings is 2. The molecule has 4 nitrogen and oxygen atoms in total. The molecular formula is C46H18Br2I6N2O2S10. The van der Waals surface area contributed by atoms with E-state index >= 15 is 0 Å². The van der Waals surface area contributed by atoms with Crippen LogP contribution in [0.15, 0.2) is 52.8 Å². The molecule has 14 rings (SSSR count). The highest BCUT2D eigenvalue weighted by Crippen LogP contribution is 2.57. The molecule has 0 amide bonds. The van der Waals surface area contributed by atoms with Crippen LogP contribution in [0.2, 0.25) is 0 Å². The number of hydrogen-bond donors (Lipinski definition) is 0. The highest BCUT2D eigenvalue weighted by Gasteiger charge is 2.27. The zero-order chi connectivity index (χ0) is 46.9. The van der Waals surface area contributed by atoms with Gasteiger partial charge < -0.3 is 8.83 Å². The number of nitrogens with zero attached hydrogens (tertiary/aromatic N) is 2. The highest BCUT2D eigenvalue weighted by atomic mass is 127. The Morgan fingerprint density at radius 3 is 1.03 bits per heavy atom. The lowest BCUT2D eigenvalue weighted by Crippen LogP contribution is -1.76. The summed E-state index contributed by atoms with van der Waals surface area (Å²) in [5.74, 6) is 3.20. The van der Waals surface area contributed by atoms with E-state index in [0.717, 1.165) is 18.9 Å². The van der Waals surface area contributed by atoms with E-state index in [2.05, 4.69) is 226 Å². The fourth-order valence-electron chi connectivity index (χ4n) is 8.10. The molecule has 0 spiro atoms. The Morgan fingerprint density at radius 1 is 0.397 bits per heavy atom. The number of halogens is 8. The molecule has 340 valence electrons. The molecular weight excluding hydrogens is 1850 g/mol. The van der Waals surface area contributed by atoms with E-state index in [0.29, 0.717) is 11.8 Å². The maximum atomic E-state index is 5.94. The van der Waals surface area contributed by atoms with Gasteiger partial charge in [0, 0.05) is 61.3 Å². The number of oxazole rings is 2. The average Bonchev–Trinajstić information content (AvgIpc) is 4.19. The first-order chi connectivity index (χ1) is 32.6. The van der Waals surface area contributed by atoms with Crippen molar-refractivity contribution in [2.75, 3.05) is 0 Å². The van der Waals surface area contributed by atoms with Crippen LogP contribution in [0.25, 0.3) is 119 Å². The quantitative estimate of drug-likeness (QED) is 0.165. The minimum atomic E-state index is 0.710. The average molecular weight is 1870 g/mol. The molecule has 12 heterocycles. The molecule has 0 unspecified atom stereocenters. The van der Waals surface area contributed by atoms with Crippen LogP contribution in [0.1, 0.15) is 22.9 Å². The molecule has 12 aromatic heterocycles. The summed E-state index contributed by atoms with van der Waals surface area (Å²) >= 11 is 41.2. The van der Waals surface area contributed by atoms with Crippen molar-refractivity contribution >= 4 is 359 Å². The number of rotatable bonds is 4. The highest BCUT2D eigenvalue weighted by molar-refractivity contribution is 14.1. The molecule has 2 aromatic carbocycles. The summed E-state index contributed by atoms with van der Waals surface area (Å²) < 4.78 is 37.8. The van der Waals surface area contributed by atoms with Crippen molar-refractivity contribution in [3.05, 3.63) is 88.6 Å². The Morgan fingerprint density at radius 2 is 0.721 bits per heavy atom. The van der Waals surface area contributed by atoms with Crippen molar-refractivity contribution in [3.63, 3.8) is 0 Å². The van der Waals surface area contributed by atoms with Crippen LogP contribution >= 0.6 is 281 Å². The summed E-state index contributed by atoms with van der Waals surface area (Å²) in [6, 6.07) is 9.63. The van der Waals surface area contributed by atoms with E-state index in [1.54, 1.807) is 0 Å². The molecule has 14 aromatic rings. The van der Waals surface area contributed by atoms with Crippen molar-refractivity contribution < 1.29 is 8.83 Å². The van der Waals surface area contributed by atoms with Gasteiger partial charge in [-0.25, -0.2) is 9.97 Å². The standard InChI is InChI=1S/C24H10Br2I2S6.C22H8I4N2O2S4/c1-7-5-29-23(15(7)27)21-13(25)19-17(33-21)9-3-12-10(4-11(9)31-19)18-20(32-12)14(26)22(34-18)24-16(28)8(2)6-30-24;1-5-27-21(25)13(29-5)17-11(23)19-15(33-17)7-3-10-8(4-9(7)31-19)16-20(32-10)12(24)18(34-16)14-22(26)28-6(2)30-14/h3-6H,1-2H3;3-4H,1-2H3. The van der Waals surface area contributed by atoms with Gasteiger partial charge in [-0.15, -0.1) is 113 Å². The van der Waals surface area contributed by atoms with Gasteiger partial charge >= 0.3 is 0 Å². The Balaban J connectivity index is 0.000000134. The van der Waals surface area contributed by atoms with Crippen LogP contribution in [0.4, 0.5) is 0 Å². The molecule has 0 saturated carbocycles. The minimum absolute atomic E-state index is 0.710. The smallest absolute Gasteiger partial charge is 0.192 e. The number of aromatic nitrogens is 2. The number of aryl methyl sites for hydroxylation is 4. The summed E-state index contributed by atoms with van der Waals surface area (Å²) in [7, 11) is 0. The summed E-state index contributed by atoms with van der Waals surface area (Å²) in [6.07, 6.45) is 0. The zero-order valence-corrected chi connectivity index (χ0v) is 58.6. The second-order valence-corrected chi connectivity index (χ2v) is 33.5. The largest absolute Gasteiger partial charge is 0.439 e. The Hall–Kier alpha value is 1.28. The first kappa shape index (κ1) is 48.9. The normalized spacial score (nSPS) is 12.4. The molecule has 0 bridgehead atoms. The second kappa shape index (κ2) is 18.5. The third-order valence-electron chi connectivity index (χ3n) is 11.2. The summed E-state index contributed by atoms with van der Waals surface area (Å²) in [5.41, 5.74) is 2.73. The van der Waals surface area contributed by atoms with E-state index in [4.69, 9.17) is 8.83 Å². The van der Waals surface area contributed by atoms with Gasteiger partial charge in [0.15, 0.2) is 23.3 Å². The van der Waals surface area contributed by atoms with Gasteiger partial charge in [0.05, 0.1) is 82.9 Å². The van der Waals surface area contributed by atoms with Gasteiger partial charge in [-0.3, -0.25) is 0 Å². The molecule has 22 heteroatoms. The third kappa shape index (κ3) is 7.75. The van der Waals surface area contributed by atoms with E-state index in [-0.39, 0.29) is 0 Å². The van der Waals surface area contributed by atoms with E-state index in [1.807, 2.05) is 127 Å². The lowest BCUT2D eigenvalue weighted by Gasteiger charge is -1.98. The zero-order valence-electron chi connectivity index (χ0n) is 34.3. The van der Waals surface area contributed by atoms with Crippen molar-refractivity contribution in [1.29, 1.82) is 0 Å². The van der Waals surface area contributed by atoms with Gasteiger partial charge in [0.25, 0.3) is 0 Å². The molecule has 0 saturated heterocycles. The van der Waals surface area contributed by atoms with E-state index in [1.165, 1.54) is 142 Å². The van der Waals surface area contributed by atoms with Crippen LogP contribution < -0.4 is 0 Å². The van der Waals surface area contributed by atoms with Crippen molar-refractivity contribution in [1.82, 2.24) is 9.97 Å². The predicted molar refractivity (Wildman–Crippen MR) is 364 cm³/mol. The van der Waals surface area contributed by atoms with Gasteiger partial charge in [0.2, 0.25) is 0 Å². The summed E-state index contributed by atoms with van der Waals surface area (Å²) in [6.45, 7) is 8.20. The van der Waals surface area contributed by atoms with Crippen LogP contribution in [0.5, 0.6) is 0 Å². The fraction of sp³-hybridized carbons (Fsp3) is 0.0870. The van der Waals surface area contributed by atoms with Gasteiger partial charge in [-0.2, -0.15) is 0 Å². The SMILES string of the molecule is Cc1csc(-c2sc3c(sc4cc5c(cc43)sc3c(Br)c(-c4scc(C)c4I)sc35)c2Br)c1I.Cc1nc(I)c(-c2sc3c(sc4cc5c(cc43)sc3c(I)c(-c4oc(C)nc4I)sc35)c2I)o1. The number of thiophene rings is 10. The first-order valence-corrected chi connectivity index (χ1v) is 36.1. The maximum Gasteiger partial charge on any atom is 0.192 e. The minimum Gasteiger partial charge on any atom is -0.439 e. The first-order valence-electron chi connectivity index (χ1n) is 19.8. The molecule has 0 aliphatic heterocycles. The Labute approximate surface area is 524 Å². The Bertz CT molecular complexity index is 3990. The van der Waals surface area contributed by atoms with Crippen LogP contribution in [-0.4, -0.2) is 9.97 Å². The van der Waals surface area contributed by atoms with Gasteiger partial charge in [-0.1, -0.05) is 0 Å². The summed E-state index contributed by atoms with van der Waals surface area (Å²) in [5, 5.41) is 9.97. The maximum absolute atomic E-state index is 5.94.